The zero-order valence-corrected chi connectivity index (χ0v) is 20.4. The standard InChI is InChI=1S/C27H26O8/c1-13-9-17(28)22-23(33-13)15-7-8-27(2,3)35-24(15)21-16(12-20(29)34-26(21)22)14-10-18(30-4)25(32-6)19(11-14)31-5/h7-8,10-13H,9H2,1-6H3. The summed E-state index contributed by atoms with van der Waals surface area (Å²) in [6.07, 6.45) is 3.67. The second kappa shape index (κ2) is 8.08. The highest BCUT2D eigenvalue weighted by Crippen LogP contribution is 2.51. The van der Waals surface area contributed by atoms with Crippen LogP contribution < -0.4 is 29.3 Å². The molecule has 0 saturated carbocycles. The molecular formula is C27H26O8. The van der Waals surface area contributed by atoms with Crippen LogP contribution in [0.25, 0.3) is 28.2 Å². The average molecular weight is 478 g/mol. The van der Waals surface area contributed by atoms with Gasteiger partial charge in [-0.1, -0.05) is 0 Å². The number of carbonyl (C=O) groups is 1. The molecule has 3 heterocycles. The van der Waals surface area contributed by atoms with Crippen molar-refractivity contribution in [2.24, 2.45) is 0 Å². The molecule has 35 heavy (non-hydrogen) atoms. The first-order valence-electron chi connectivity index (χ1n) is 11.2. The van der Waals surface area contributed by atoms with Gasteiger partial charge in [0, 0.05) is 18.1 Å². The van der Waals surface area contributed by atoms with Gasteiger partial charge < -0.3 is 28.1 Å². The van der Waals surface area contributed by atoms with Crippen molar-refractivity contribution in [3.63, 3.8) is 0 Å². The fourth-order valence-corrected chi connectivity index (χ4v) is 4.65. The summed E-state index contributed by atoms with van der Waals surface area (Å²) in [5.41, 5.74) is 0.880. The average Bonchev–Trinajstić information content (AvgIpc) is 2.81. The molecule has 1 aromatic heterocycles. The Morgan fingerprint density at radius 3 is 2.29 bits per heavy atom. The predicted molar refractivity (Wildman–Crippen MR) is 130 cm³/mol. The maximum atomic E-state index is 13.2. The Morgan fingerprint density at radius 1 is 0.971 bits per heavy atom. The molecule has 2 aliphatic heterocycles. The first-order valence-corrected chi connectivity index (χ1v) is 11.2. The number of ether oxygens (including phenoxy) is 5. The minimum absolute atomic E-state index is 0.137. The maximum Gasteiger partial charge on any atom is 0.336 e. The minimum Gasteiger partial charge on any atom is -0.493 e. The molecule has 0 radical (unpaired) electrons. The number of Topliss-reactive ketones (excluding diaryl/α,β-unsaturated/α-hetero) is 1. The monoisotopic (exact) mass is 478 g/mol. The first kappa shape index (κ1) is 22.8. The summed E-state index contributed by atoms with van der Waals surface area (Å²) in [5.74, 6) is 1.95. The smallest absolute Gasteiger partial charge is 0.336 e. The third-order valence-electron chi connectivity index (χ3n) is 6.19. The van der Waals surface area contributed by atoms with Crippen LogP contribution >= 0.6 is 0 Å². The van der Waals surface area contributed by atoms with Gasteiger partial charge in [-0.2, -0.15) is 0 Å². The van der Waals surface area contributed by atoms with E-state index in [4.69, 9.17) is 28.1 Å². The van der Waals surface area contributed by atoms with Gasteiger partial charge in [-0.15, -0.1) is 0 Å². The Bertz CT molecular complexity index is 1440. The van der Waals surface area contributed by atoms with E-state index in [1.807, 2.05) is 32.9 Å². The van der Waals surface area contributed by atoms with Gasteiger partial charge in [-0.3, -0.25) is 4.79 Å². The molecule has 0 spiro atoms. The molecule has 0 amide bonds. The summed E-state index contributed by atoms with van der Waals surface area (Å²) in [5, 5.41) is 0.497. The van der Waals surface area contributed by atoms with E-state index < -0.39 is 11.2 Å². The molecule has 0 fully saturated rings. The van der Waals surface area contributed by atoms with Crippen LogP contribution in [0.15, 0.2) is 33.5 Å². The molecule has 0 bridgehead atoms. The van der Waals surface area contributed by atoms with Crippen LogP contribution in [-0.4, -0.2) is 38.8 Å². The molecule has 5 rings (SSSR count). The molecule has 1 unspecified atom stereocenters. The zero-order chi connectivity index (χ0) is 25.1. The number of hydrogen-bond acceptors (Lipinski definition) is 8. The first-order chi connectivity index (χ1) is 16.7. The Morgan fingerprint density at radius 2 is 1.66 bits per heavy atom. The van der Waals surface area contributed by atoms with Gasteiger partial charge in [0.05, 0.1) is 32.3 Å². The summed E-state index contributed by atoms with van der Waals surface area (Å²) in [4.78, 5) is 26.0. The number of carbonyl (C=O) groups excluding carboxylic acids is 1. The van der Waals surface area contributed by atoms with E-state index in [0.29, 0.717) is 50.8 Å². The van der Waals surface area contributed by atoms with Crippen LogP contribution in [0.5, 0.6) is 28.7 Å². The van der Waals surface area contributed by atoms with Crippen molar-refractivity contribution in [1.82, 2.24) is 0 Å². The lowest BCUT2D eigenvalue weighted by Crippen LogP contribution is -2.30. The summed E-state index contributed by atoms with van der Waals surface area (Å²) in [7, 11) is 4.55. The topological polar surface area (TPSA) is 93.4 Å². The second-order valence-corrected chi connectivity index (χ2v) is 9.14. The van der Waals surface area contributed by atoms with Gasteiger partial charge in [-0.25, -0.2) is 4.79 Å². The molecule has 0 aliphatic carbocycles. The normalized spacial score (nSPS) is 17.8. The molecular weight excluding hydrogens is 452 g/mol. The van der Waals surface area contributed by atoms with Gasteiger partial charge in [0.25, 0.3) is 0 Å². The molecule has 2 aromatic carbocycles. The van der Waals surface area contributed by atoms with Crippen LogP contribution in [0, 0.1) is 0 Å². The molecule has 182 valence electrons. The molecule has 1 atom stereocenters. The van der Waals surface area contributed by atoms with Crippen molar-refractivity contribution in [3.05, 3.63) is 45.8 Å². The number of fused-ring (bicyclic) bond motifs is 6. The quantitative estimate of drug-likeness (QED) is 0.483. The summed E-state index contributed by atoms with van der Waals surface area (Å²) in [6, 6.07) is 4.86. The molecule has 0 N–H and O–H groups in total. The molecule has 0 saturated heterocycles. The van der Waals surface area contributed by atoms with Crippen LogP contribution in [0.4, 0.5) is 0 Å². The Balaban J connectivity index is 1.94. The van der Waals surface area contributed by atoms with Crippen LogP contribution in [0.1, 0.15) is 43.1 Å². The Hall–Kier alpha value is -3.94. The second-order valence-electron chi connectivity index (χ2n) is 9.14. The zero-order valence-electron chi connectivity index (χ0n) is 20.4. The van der Waals surface area contributed by atoms with E-state index in [2.05, 4.69) is 0 Å². The largest absolute Gasteiger partial charge is 0.493 e. The Labute approximate surface area is 202 Å². The minimum atomic E-state index is -0.638. The van der Waals surface area contributed by atoms with E-state index in [-0.39, 0.29) is 29.5 Å². The highest BCUT2D eigenvalue weighted by Gasteiger charge is 2.37. The van der Waals surface area contributed by atoms with Crippen LogP contribution in [0.3, 0.4) is 0 Å². The molecule has 3 aromatic rings. The molecule has 2 aliphatic rings. The summed E-state index contributed by atoms with van der Waals surface area (Å²) in [6.45, 7) is 5.67. The predicted octanol–water partition coefficient (Wildman–Crippen LogP) is 5.02. The number of methoxy groups -OCH3 is 3. The molecule has 8 heteroatoms. The summed E-state index contributed by atoms with van der Waals surface area (Å²) >= 11 is 0. The van der Waals surface area contributed by atoms with Crippen molar-refractivity contribution < 1.29 is 32.9 Å². The number of hydrogen-bond donors (Lipinski definition) is 0. The fraction of sp³-hybridized carbons (Fsp3) is 0.333. The number of rotatable bonds is 4. The van der Waals surface area contributed by atoms with Crippen LogP contribution in [0.2, 0.25) is 0 Å². The molecule has 8 nitrogen and oxygen atoms in total. The van der Waals surface area contributed by atoms with Gasteiger partial charge in [0.2, 0.25) is 5.75 Å². The van der Waals surface area contributed by atoms with Crippen molar-refractivity contribution >= 4 is 22.8 Å². The van der Waals surface area contributed by atoms with Crippen molar-refractivity contribution in [2.45, 2.75) is 38.9 Å². The van der Waals surface area contributed by atoms with E-state index in [9.17, 15) is 9.59 Å². The lowest BCUT2D eigenvalue weighted by Gasteiger charge is -2.33. The SMILES string of the molecule is COc1cc(-c2cc(=O)oc3c4c(c5c(c23)OC(C)(C)C=C5)OC(C)CC4=O)cc(OC)c1OC. The van der Waals surface area contributed by atoms with Crippen molar-refractivity contribution in [1.29, 1.82) is 0 Å². The van der Waals surface area contributed by atoms with Gasteiger partial charge in [0.15, 0.2) is 22.9 Å². The number of benzene rings is 2. The summed E-state index contributed by atoms with van der Waals surface area (Å²) < 4.78 is 34.7. The maximum absolute atomic E-state index is 13.2. The van der Waals surface area contributed by atoms with Gasteiger partial charge in [0.1, 0.15) is 28.8 Å². The number of ketones is 1. The Kier molecular flexibility index (Phi) is 5.27. The lowest BCUT2D eigenvalue weighted by atomic mass is 9.89. The van der Waals surface area contributed by atoms with E-state index in [1.165, 1.54) is 27.4 Å². The highest BCUT2D eigenvalue weighted by atomic mass is 16.5. The van der Waals surface area contributed by atoms with Crippen molar-refractivity contribution in [3.8, 4) is 39.9 Å². The van der Waals surface area contributed by atoms with Crippen molar-refractivity contribution in [2.75, 3.05) is 21.3 Å². The highest BCUT2D eigenvalue weighted by molar-refractivity contribution is 6.15. The third kappa shape index (κ3) is 3.60. The van der Waals surface area contributed by atoms with E-state index >= 15 is 0 Å². The van der Waals surface area contributed by atoms with Crippen LogP contribution in [-0.2, 0) is 0 Å². The third-order valence-corrected chi connectivity index (χ3v) is 6.19. The van der Waals surface area contributed by atoms with E-state index in [0.717, 1.165) is 0 Å². The van der Waals surface area contributed by atoms with Gasteiger partial charge >= 0.3 is 5.63 Å². The van der Waals surface area contributed by atoms with E-state index in [1.54, 1.807) is 12.1 Å². The lowest BCUT2D eigenvalue weighted by molar-refractivity contribution is 0.0869. The van der Waals surface area contributed by atoms with Gasteiger partial charge in [-0.05, 0) is 50.6 Å². The fourth-order valence-electron chi connectivity index (χ4n) is 4.65.